The van der Waals surface area contributed by atoms with Crippen LogP contribution in [0.1, 0.15) is 37.7 Å². The number of nitrogens with one attached hydrogen (secondary N) is 1. The van der Waals surface area contributed by atoms with Crippen molar-refractivity contribution in [1.82, 2.24) is 10.2 Å². The van der Waals surface area contributed by atoms with E-state index in [4.69, 9.17) is 4.42 Å². The molecule has 0 aromatic carbocycles. The van der Waals surface area contributed by atoms with Crippen molar-refractivity contribution in [2.75, 3.05) is 6.54 Å². The number of carbonyl (C=O) groups is 2. The first-order chi connectivity index (χ1) is 9.20. The molecule has 5 heteroatoms. The Morgan fingerprint density at radius 3 is 2.79 bits per heavy atom. The van der Waals surface area contributed by atoms with Gasteiger partial charge in [0.15, 0.2) is 0 Å². The molecule has 1 aromatic rings. The van der Waals surface area contributed by atoms with E-state index in [1.165, 1.54) is 0 Å². The van der Waals surface area contributed by atoms with E-state index in [1.54, 1.807) is 17.4 Å². The molecule has 2 fully saturated rings. The minimum atomic E-state index is -0.642. The van der Waals surface area contributed by atoms with Crippen molar-refractivity contribution in [2.45, 2.75) is 44.2 Å². The quantitative estimate of drug-likeness (QED) is 0.877. The van der Waals surface area contributed by atoms with Crippen LogP contribution in [0.5, 0.6) is 0 Å². The molecule has 1 aromatic heterocycles. The summed E-state index contributed by atoms with van der Waals surface area (Å²) in [5.74, 6) is 0.0574. The monoisotopic (exact) mass is 262 g/mol. The maximum atomic E-state index is 12.7. The summed E-state index contributed by atoms with van der Waals surface area (Å²) in [5.41, 5.74) is 0.327. The van der Waals surface area contributed by atoms with Crippen molar-refractivity contribution in [3.63, 3.8) is 0 Å². The lowest BCUT2D eigenvalue weighted by Gasteiger charge is -2.31. The molecule has 19 heavy (non-hydrogen) atoms. The Hall–Kier alpha value is -1.78. The second-order valence-corrected chi connectivity index (χ2v) is 5.45. The molecule has 2 heterocycles. The Morgan fingerprint density at radius 1 is 1.32 bits per heavy atom. The summed E-state index contributed by atoms with van der Waals surface area (Å²) < 4.78 is 5.04. The van der Waals surface area contributed by atoms with Crippen molar-refractivity contribution < 1.29 is 14.0 Å². The normalized spacial score (nSPS) is 22.6. The standard InChI is InChI=1S/C14H18N2O3/c17-12-3-7-16(9-11-4-8-19-10-11)13(18)14(15-12)5-1-2-6-14/h4,8,10H,1-3,5-7,9H2,(H,15,17). The third kappa shape index (κ3) is 2.25. The zero-order valence-electron chi connectivity index (χ0n) is 10.9. The van der Waals surface area contributed by atoms with E-state index in [0.29, 0.717) is 19.5 Å². The SMILES string of the molecule is O=C1CCN(Cc2ccoc2)C(=O)C2(CCCC2)N1. The zero-order valence-corrected chi connectivity index (χ0v) is 10.9. The molecule has 3 rings (SSSR count). The van der Waals surface area contributed by atoms with Crippen molar-refractivity contribution in [2.24, 2.45) is 0 Å². The molecule has 0 atom stereocenters. The van der Waals surface area contributed by atoms with Crippen molar-refractivity contribution in [3.05, 3.63) is 24.2 Å². The maximum absolute atomic E-state index is 12.7. The molecule has 1 spiro atoms. The first-order valence-electron chi connectivity index (χ1n) is 6.81. The summed E-state index contributed by atoms with van der Waals surface area (Å²) in [5, 5.41) is 2.96. The van der Waals surface area contributed by atoms with Gasteiger partial charge in [0.2, 0.25) is 11.8 Å². The average molecular weight is 262 g/mol. The lowest BCUT2D eigenvalue weighted by Crippen LogP contribution is -2.55. The third-order valence-corrected chi connectivity index (χ3v) is 4.09. The van der Waals surface area contributed by atoms with Crippen LogP contribution in [0.3, 0.4) is 0 Å². The number of furan rings is 1. The molecule has 1 saturated heterocycles. The summed E-state index contributed by atoms with van der Waals surface area (Å²) >= 11 is 0. The predicted octanol–water partition coefficient (Wildman–Crippen LogP) is 1.44. The minimum Gasteiger partial charge on any atom is -0.472 e. The van der Waals surface area contributed by atoms with E-state index >= 15 is 0 Å². The van der Waals surface area contributed by atoms with Gasteiger partial charge in [-0.25, -0.2) is 0 Å². The second kappa shape index (κ2) is 4.72. The highest BCUT2D eigenvalue weighted by atomic mass is 16.3. The van der Waals surface area contributed by atoms with Gasteiger partial charge in [0.25, 0.3) is 0 Å². The number of nitrogens with zero attached hydrogens (tertiary/aromatic N) is 1. The topological polar surface area (TPSA) is 62.6 Å². The molecule has 1 N–H and O–H groups in total. The molecule has 1 saturated carbocycles. The third-order valence-electron chi connectivity index (χ3n) is 4.09. The van der Waals surface area contributed by atoms with Gasteiger partial charge in [-0.15, -0.1) is 0 Å². The summed E-state index contributed by atoms with van der Waals surface area (Å²) in [7, 11) is 0. The van der Waals surface area contributed by atoms with E-state index in [1.807, 2.05) is 6.07 Å². The largest absolute Gasteiger partial charge is 0.472 e. The van der Waals surface area contributed by atoms with Crippen LogP contribution < -0.4 is 5.32 Å². The van der Waals surface area contributed by atoms with Gasteiger partial charge in [-0.1, -0.05) is 12.8 Å². The van der Waals surface area contributed by atoms with E-state index in [9.17, 15) is 9.59 Å². The number of amides is 2. The Kier molecular flexibility index (Phi) is 3.05. The fraction of sp³-hybridized carbons (Fsp3) is 0.571. The molecule has 0 radical (unpaired) electrons. The first-order valence-corrected chi connectivity index (χ1v) is 6.81. The van der Waals surface area contributed by atoms with Crippen LogP contribution in [0.2, 0.25) is 0 Å². The van der Waals surface area contributed by atoms with E-state index < -0.39 is 5.54 Å². The van der Waals surface area contributed by atoms with Crippen LogP contribution in [0.4, 0.5) is 0 Å². The van der Waals surface area contributed by atoms with Crippen molar-refractivity contribution >= 4 is 11.8 Å². The summed E-state index contributed by atoms with van der Waals surface area (Å²) in [6, 6.07) is 1.86. The van der Waals surface area contributed by atoms with E-state index in [-0.39, 0.29) is 11.8 Å². The highest BCUT2D eigenvalue weighted by molar-refractivity contribution is 5.93. The predicted molar refractivity (Wildman–Crippen MR) is 68.1 cm³/mol. The molecule has 0 bridgehead atoms. The maximum Gasteiger partial charge on any atom is 0.248 e. The number of rotatable bonds is 2. The van der Waals surface area contributed by atoms with Crippen LogP contribution in [-0.2, 0) is 16.1 Å². The van der Waals surface area contributed by atoms with E-state index in [2.05, 4.69) is 5.32 Å². The van der Waals surface area contributed by atoms with Gasteiger partial charge >= 0.3 is 0 Å². The molecule has 0 unspecified atom stereocenters. The highest BCUT2D eigenvalue weighted by Crippen LogP contribution is 2.33. The average Bonchev–Trinajstić information content (AvgIpc) is 3.03. The van der Waals surface area contributed by atoms with Crippen molar-refractivity contribution in [1.29, 1.82) is 0 Å². The van der Waals surface area contributed by atoms with Crippen LogP contribution >= 0.6 is 0 Å². The number of hydrogen-bond acceptors (Lipinski definition) is 3. The Labute approximate surface area is 111 Å². The molecule has 1 aliphatic carbocycles. The first kappa shape index (κ1) is 12.3. The van der Waals surface area contributed by atoms with Gasteiger partial charge in [0.05, 0.1) is 12.5 Å². The van der Waals surface area contributed by atoms with Gasteiger partial charge < -0.3 is 14.6 Å². The van der Waals surface area contributed by atoms with Crippen molar-refractivity contribution in [3.8, 4) is 0 Å². The van der Waals surface area contributed by atoms with Gasteiger partial charge in [-0.2, -0.15) is 0 Å². The fourth-order valence-corrected chi connectivity index (χ4v) is 3.09. The Morgan fingerprint density at radius 2 is 2.11 bits per heavy atom. The highest BCUT2D eigenvalue weighted by Gasteiger charge is 2.46. The zero-order chi connectivity index (χ0) is 13.3. The van der Waals surface area contributed by atoms with Gasteiger partial charge in [0, 0.05) is 25.1 Å². The number of carbonyl (C=O) groups excluding carboxylic acids is 2. The van der Waals surface area contributed by atoms with Gasteiger partial charge in [-0.05, 0) is 18.9 Å². The summed E-state index contributed by atoms with van der Waals surface area (Å²) in [4.78, 5) is 26.3. The van der Waals surface area contributed by atoms with E-state index in [0.717, 1.165) is 31.2 Å². The van der Waals surface area contributed by atoms with Crippen LogP contribution in [-0.4, -0.2) is 28.8 Å². The molecule has 2 amide bonds. The fourth-order valence-electron chi connectivity index (χ4n) is 3.09. The lowest BCUT2D eigenvalue weighted by molar-refractivity contribution is -0.139. The summed E-state index contributed by atoms with van der Waals surface area (Å²) in [6.07, 6.45) is 7.17. The van der Waals surface area contributed by atoms with Crippen LogP contribution in [0.25, 0.3) is 0 Å². The molecule has 1 aliphatic heterocycles. The smallest absolute Gasteiger partial charge is 0.248 e. The molecular weight excluding hydrogens is 244 g/mol. The molecule has 5 nitrogen and oxygen atoms in total. The van der Waals surface area contributed by atoms with Gasteiger partial charge in [0.1, 0.15) is 5.54 Å². The Bertz CT molecular complexity index is 475. The molecular formula is C14H18N2O3. The van der Waals surface area contributed by atoms with Gasteiger partial charge in [-0.3, -0.25) is 9.59 Å². The lowest BCUT2D eigenvalue weighted by atomic mass is 9.95. The van der Waals surface area contributed by atoms with Crippen LogP contribution in [0.15, 0.2) is 23.0 Å². The minimum absolute atomic E-state index is 0.00931. The Balaban J connectivity index is 1.83. The molecule has 2 aliphatic rings. The molecule has 102 valence electrons. The number of hydrogen-bond donors (Lipinski definition) is 1. The van der Waals surface area contributed by atoms with Crippen LogP contribution in [0, 0.1) is 0 Å². The second-order valence-electron chi connectivity index (χ2n) is 5.45. The summed E-state index contributed by atoms with van der Waals surface area (Å²) in [6.45, 7) is 1.00.